The smallest absolute Gasteiger partial charge is 0.251 e. The Morgan fingerprint density at radius 3 is 2.09 bits per heavy atom. The first kappa shape index (κ1) is 20.7. The second-order valence-corrected chi connectivity index (χ2v) is 8.10. The zero-order valence-corrected chi connectivity index (χ0v) is 18.3. The number of nitrogens with zero attached hydrogens (tertiary/aromatic N) is 2. The Labute approximate surface area is 193 Å². The lowest BCUT2D eigenvalue weighted by Gasteiger charge is -2.20. The molecule has 33 heavy (non-hydrogen) atoms. The molecule has 0 radical (unpaired) electrons. The molecule has 0 saturated carbocycles. The largest absolute Gasteiger partial charge is 0.345 e. The summed E-state index contributed by atoms with van der Waals surface area (Å²) in [4.78, 5) is 18.0. The van der Waals surface area contributed by atoms with Gasteiger partial charge in [-0.3, -0.25) is 4.79 Å². The zero-order chi connectivity index (χ0) is 22.5. The fourth-order valence-electron chi connectivity index (χ4n) is 4.17. The van der Waals surface area contributed by atoms with Gasteiger partial charge >= 0.3 is 0 Å². The van der Waals surface area contributed by atoms with Crippen LogP contribution >= 0.6 is 0 Å². The van der Waals surface area contributed by atoms with Crippen LogP contribution in [0.25, 0.3) is 11.0 Å². The van der Waals surface area contributed by atoms with E-state index in [4.69, 9.17) is 4.98 Å². The van der Waals surface area contributed by atoms with E-state index in [0.29, 0.717) is 12.0 Å². The van der Waals surface area contributed by atoms with Gasteiger partial charge < -0.3 is 9.88 Å². The lowest BCUT2D eigenvalue weighted by molar-refractivity contribution is 0.0936. The summed E-state index contributed by atoms with van der Waals surface area (Å²) in [6, 6.07) is 37.9. The quantitative estimate of drug-likeness (QED) is 0.354. The SMILES string of the molecule is O=C(N[C@@H](Cc1nc2ccccc2n1Cc1ccccc1)c1ccccc1)c1ccccc1. The minimum atomic E-state index is -0.203. The van der Waals surface area contributed by atoms with Crippen molar-refractivity contribution in [2.75, 3.05) is 0 Å². The molecule has 5 aromatic rings. The molecule has 0 spiro atoms. The lowest BCUT2D eigenvalue weighted by Crippen LogP contribution is -2.30. The molecule has 4 heteroatoms. The van der Waals surface area contributed by atoms with Crippen LogP contribution in [-0.4, -0.2) is 15.5 Å². The number of hydrogen-bond donors (Lipinski definition) is 1. The number of para-hydroxylation sites is 2. The molecule has 1 aromatic heterocycles. The highest BCUT2D eigenvalue weighted by molar-refractivity contribution is 5.94. The van der Waals surface area contributed by atoms with E-state index in [1.54, 1.807) is 0 Å². The summed E-state index contributed by atoms with van der Waals surface area (Å²) in [6.07, 6.45) is 0.587. The first-order valence-electron chi connectivity index (χ1n) is 11.2. The molecular weight excluding hydrogens is 406 g/mol. The second-order valence-electron chi connectivity index (χ2n) is 8.10. The van der Waals surface area contributed by atoms with E-state index in [-0.39, 0.29) is 11.9 Å². The molecule has 0 unspecified atom stereocenters. The number of fused-ring (bicyclic) bond motifs is 1. The highest BCUT2D eigenvalue weighted by Gasteiger charge is 2.20. The number of carbonyl (C=O) groups excluding carboxylic acids is 1. The van der Waals surface area contributed by atoms with Gasteiger partial charge in [-0.05, 0) is 35.4 Å². The van der Waals surface area contributed by atoms with Crippen LogP contribution in [0.3, 0.4) is 0 Å². The topological polar surface area (TPSA) is 46.9 Å². The van der Waals surface area contributed by atoms with Gasteiger partial charge in [-0.25, -0.2) is 4.98 Å². The van der Waals surface area contributed by atoms with Crippen molar-refractivity contribution in [2.45, 2.75) is 19.0 Å². The van der Waals surface area contributed by atoms with Crippen molar-refractivity contribution in [1.82, 2.24) is 14.9 Å². The molecule has 0 bridgehead atoms. The lowest BCUT2D eigenvalue weighted by atomic mass is 10.0. The van der Waals surface area contributed by atoms with Gasteiger partial charge in [0.25, 0.3) is 5.91 Å². The summed E-state index contributed by atoms with van der Waals surface area (Å²) in [5.74, 6) is 0.859. The average Bonchev–Trinajstić information content (AvgIpc) is 3.22. The molecule has 4 aromatic carbocycles. The summed E-state index contributed by atoms with van der Waals surface area (Å²) >= 11 is 0. The predicted octanol–water partition coefficient (Wildman–Crippen LogP) is 5.80. The van der Waals surface area contributed by atoms with Crippen LogP contribution in [-0.2, 0) is 13.0 Å². The Kier molecular flexibility index (Phi) is 5.98. The van der Waals surface area contributed by atoms with Gasteiger partial charge in [0.05, 0.1) is 17.1 Å². The number of nitrogens with one attached hydrogen (secondary N) is 1. The summed E-state index contributed by atoms with van der Waals surface area (Å²) in [7, 11) is 0. The van der Waals surface area contributed by atoms with Crippen molar-refractivity contribution < 1.29 is 4.79 Å². The molecule has 1 amide bonds. The molecule has 0 fully saturated rings. The van der Waals surface area contributed by atoms with Gasteiger partial charge in [-0.15, -0.1) is 0 Å². The number of benzene rings is 4. The van der Waals surface area contributed by atoms with Crippen molar-refractivity contribution in [2.24, 2.45) is 0 Å². The van der Waals surface area contributed by atoms with Gasteiger partial charge in [0.2, 0.25) is 0 Å². The molecule has 0 aliphatic carbocycles. The molecule has 0 saturated heterocycles. The number of hydrogen-bond acceptors (Lipinski definition) is 2. The molecule has 162 valence electrons. The first-order chi connectivity index (χ1) is 16.3. The van der Waals surface area contributed by atoms with Crippen LogP contribution in [0.2, 0.25) is 0 Å². The number of amides is 1. The molecule has 0 aliphatic heterocycles. The van der Waals surface area contributed by atoms with E-state index in [1.165, 1.54) is 5.56 Å². The molecule has 5 rings (SSSR count). The number of rotatable bonds is 7. The third-order valence-electron chi connectivity index (χ3n) is 5.85. The van der Waals surface area contributed by atoms with E-state index in [0.717, 1.165) is 29.0 Å². The number of carbonyl (C=O) groups is 1. The molecule has 1 N–H and O–H groups in total. The predicted molar refractivity (Wildman–Crippen MR) is 132 cm³/mol. The van der Waals surface area contributed by atoms with Crippen LogP contribution in [0.5, 0.6) is 0 Å². The van der Waals surface area contributed by atoms with Crippen molar-refractivity contribution in [3.8, 4) is 0 Å². The van der Waals surface area contributed by atoms with Gasteiger partial charge in [0.15, 0.2) is 0 Å². The van der Waals surface area contributed by atoms with Gasteiger partial charge in [-0.1, -0.05) is 91.0 Å². The van der Waals surface area contributed by atoms with Crippen molar-refractivity contribution in [3.63, 3.8) is 0 Å². The van der Waals surface area contributed by atoms with E-state index in [9.17, 15) is 4.79 Å². The van der Waals surface area contributed by atoms with Crippen LogP contribution in [0, 0.1) is 0 Å². The Bertz CT molecular complexity index is 1350. The molecule has 4 nitrogen and oxygen atoms in total. The second kappa shape index (κ2) is 9.53. The molecule has 1 heterocycles. The fourth-order valence-corrected chi connectivity index (χ4v) is 4.17. The standard InChI is InChI=1S/C29H25N3O/c33-29(24-16-8-3-9-17-24)31-26(23-14-6-2-7-15-23)20-28-30-25-18-10-11-19-27(25)32(28)21-22-12-4-1-5-13-22/h1-19,26H,20-21H2,(H,31,33)/t26-/m0/s1. The molecule has 0 aliphatic rings. The highest BCUT2D eigenvalue weighted by Crippen LogP contribution is 2.24. The summed E-state index contributed by atoms with van der Waals surface area (Å²) < 4.78 is 2.26. The Hall–Kier alpha value is -4.18. The maximum Gasteiger partial charge on any atom is 0.251 e. The van der Waals surface area contributed by atoms with Gasteiger partial charge in [0.1, 0.15) is 5.82 Å². The third-order valence-corrected chi connectivity index (χ3v) is 5.85. The Morgan fingerprint density at radius 1 is 0.758 bits per heavy atom. The number of aromatic nitrogens is 2. The summed E-state index contributed by atoms with van der Waals surface area (Å²) in [5, 5.41) is 3.24. The van der Waals surface area contributed by atoms with Crippen LogP contribution in [0.15, 0.2) is 115 Å². The average molecular weight is 432 g/mol. The molecule has 1 atom stereocenters. The van der Waals surface area contributed by atoms with Crippen molar-refractivity contribution in [3.05, 3.63) is 138 Å². The third kappa shape index (κ3) is 4.70. The van der Waals surface area contributed by atoms with E-state index < -0.39 is 0 Å². The van der Waals surface area contributed by atoms with Crippen molar-refractivity contribution in [1.29, 1.82) is 0 Å². The zero-order valence-electron chi connectivity index (χ0n) is 18.3. The monoisotopic (exact) mass is 431 g/mol. The minimum Gasteiger partial charge on any atom is -0.345 e. The van der Waals surface area contributed by atoms with Gasteiger partial charge in [-0.2, -0.15) is 0 Å². The van der Waals surface area contributed by atoms with Crippen LogP contribution in [0.1, 0.15) is 33.4 Å². The van der Waals surface area contributed by atoms with Crippen LogP contribution < -0.4 is 5.32 Å². The molecular formula is C29H25N3O. The van der Waals surface area contributed by atoms with E-state index >= 15 is 0 Å². The number of imidazole rings is 1. The Balaban J connectivity index is 1.51. The first-order valence-corrected chi connectivity index (χ1v) is 11.2. The maximum atomic E-state index is 13.0. The Morgan fingerprint density at radius 2 is 1.36 bits per heavy atom. The normalized spacial score (nSPS) is 11.9. The van der Waals surface area contributed by atoms with Gasteiger partial charge in [0, 0.05) is 18.5 Å². The highest BCUT2D eigenvalue weighted by atomic mass is 16.1. The summed E-state index contributed by atoms with van der Waals surface area (Å²) in [5.41, 5.74) is 4.98. The van der Waals surface area contributed by atoms with Crippen molar-refractivity contribution >= 4 is 16.9 Å². The maximum absolute atomic E-state index is 13.0. The van der Waals surface area contributed by atoms with Crippen LogP contribution in [0.4, 0.5) is 0 Å². The fraction of sp³-hybridized carbons (Fsp3) is 0.103. The van der Waals surface area contributed by atoms with E-state index in [2.05, 4.69) is 52.3 Å². The van der Waals surface area contributed by atoms with E-state index in [1.807, 2.05) is 72.8 Å². The minimum absolute atomic E-state index is 0.0878. The summed E-state index contributed by atoms with van der Waals surface area (Å²) in [6.45, 7) is 0.727.